The van der Waals surface area contributed by atoms with E-state index in [1.165, 1.54) is 6.92 Å². The lowest BCUT2D eigenvalue weighted by atomic mass is 9.42. The van der Waals surface area contributed by atoms with Crippen LogP contribution >= 0.6 is 0 Å². The first-order valence-corrected chi connectivity index (χ1v) is 11.0. The molecule has 2 saturated carbocycles. The number of carbonyl (C=O) groups is 2. The van der Waals surface area contributed by atoms with E-state index >= 15 is 0 Å². The summed E-state index contributed by atoms with van der Waals surface area (Å²) in [6, 6.07) is 0. The fraction of sp³-hybridized carbons (Fsp3) is 0.826. The first kappa shape index (κ1) is 22.9. The van der Waals surface area contributed by atoms with Crippen LogP contribution in [0.3, 0.4) is 0 Å². The van der Waals surface area contributed by atoms with Crippen LogP contribution in [0.15, 0.2) is 11.1 Å². The summed E-state index contributed by atoms with van der Waals surface area (Å²) in [5.74, 6) is -2.64. The van der Waals surface area contributed by atoms with Gasteiger partial charge in [-0.2, -0.15) is 0 Å². The highest BCUT2D eigenvalue weighted by molar-refractivity contribution is 5.93. The minimum absolute atomic E-state index is 0.00175. The Hall–Kier alpha value is -1.32. The molecule has 8 nitrogen and oxygen atoms in total. The Labute approximate surface area is 182 Å². The third kappa shape index (κ3) is 2.54. The van der Waals surface area contributed by atoms with Gasteiger partial charge >= 0.3 is 5.97 Å². The second kappa shape index (κ2) is 6.60. The van der Waals surface area contributed by atoms with Gasteiger partial charge in [-0.1, -0.05) is 20.8 Å². The SMILES string of the molecule is CC(=O)O[C@@]12CO[C@@H]1C[C@H](O)[C@@]1(C)C(=O)[C@H](O)C3=C(C)C(O)C[C@@](O)([C@@H](C)[C@H]21)C3(C)C. The number of esters is 1. The zero-order valence-corrected chi connectivity index (χ0v) is 19.0. The fourth-order valence-electron chi connectivity index (χ4n) is 7.39. The van der Waals surface area contributed by atoms with Crippen LogP contribution in [0.4, 0.5) is 0 Å². The number of Topliss-reactive ketones (excluding diaryl/α,β-unsaturated/α-hetero) is 1. The van der Waals surface area contributed by atoms with Gasteiger partial charge in [0, 0.05) is 31.1 Å². The van der Waals surface area contributed by atoms with Crippen molar-refractivity contribution in [2.24, 2.45) is 22.7 Å². The van der Waals surface area contributed by atoms with E-state index in [0.29, 0.717) is 11.1 Å². The molecule has 1 aliphatic heterocycles. The fourth-order valence-corrected chi connectivity index (χ4v) is 7.39. The summed E-state index contributed by atoms with van der Waals surface area (Å²) in [6.07, 6.45) is -4.34. The summed E-state index contributed by atoms with van der Waals surface area (Å²) in [4.78, 5) is 26.0. The molecule has 0 radical (unpaired) electrons. The molecule has 1 heterocycles. The van der Waals surface area contributed by atoms with Crippen molar-refractivity contribution in [3.8, 4) is 0 Å². The number of hydrogen-bond donors (Lipinski definition) is 4. The normalized spacial score (nSPS) is 51.1. The maximum atomic E-state index is 13.9. The quantitative estimate of drug-likeness (QED) is 0.343. The molecular weight excluding hydrogens is 404 g/mol. The average molecular weight is 439 g/mol. The molecule has 1 unspecified atom stereocenters. The number of fused-ring (bicyclic) bond motifs is 5. The van der Waals surface area contributed by atoms with Crippen molar-refractivity contribution in [2.45, 2.75) is 90.0 Å². The van der Waals surface area contributed by atoms with Gasteiger partial charge in [-0.3, -0.25) is 9.59 Å². The molecular formula is C23H34O8. The molecule has 31 heavy (non-hydrogen) atoms. The molecule has 4 aliphatic rings. The van der Waals surface area contributed by atoms with E-state index in [9.17, 15) is 30.0 Å². The van der Waals surface area contributed by atoms with Gasteiger partial charge in [0.15, 0.2) is 11.4 Å². The molecule has 0 amide bonds. The summed E-state index contributed by atoms with van der Waals surface area (Å²) < 4.78 is 11.5. The number of ether oxygens (including phenoxy) is 2. The first-order valence-electron chi connectivity index (χ1n) is 11.0. The van der Waals surface area contributed by atoms with Crippen LogP contribution in [0.5, 0.6) is 0 Å². The molecule has 0 spiro atoms. The van der Waals surface area contributed by atoms with E-state index in [4.69, 9.17) is 9.47 Å². The lowest BCUT2D eigenvalue weighted by Gasteiger charge is -2.67. The Bertz CT molecular complexity index is 864. The molecule has 0 aromatic heterocycles. The highest BCUT2D eigenvalue weighted by Gasteiger charge is 2.75. The summed E-state index contributed by atoms with van der Waals surface area (Å²) in [5.41, 5.74) is -4.53. The molecule has 8 heteroatoms. The third-order valence-corrected chi connectivity index (χ3v) is 9.18. The zero-order valence-electron chi connectivity index (χ0n) is 19.0. The van der Waals surface area contributed by atoms with Crippen LogP contribution in [-0.2, 0) is 19.1 Å². The van der Waals surface area contributed by atoms with Crippen molar-refractivity contribution in [3.63, 3.8) is 0 Å². The minimum Gasteiger partial charge on any atom is -0.454 e. The van der Waals surface area contributed by atoms with Gasteiger partial charge in [0.25, 0.3) is 0 Å². The van der Waals surface area contributed by atoms with E-state index in [1.807, 2.05) is 0 Å². The van der Waals surface area contributed by atoms with E-state index in [0.717, 1.165) is 0 Å². The maximum Gasteiger partial charge on any atom is 0.303 e. The van der Waals surface area contributed by atoms with Crippen molar-refractivity contribution in [2.75, 3.05) is 6.61 Å². The summed E-state index contributed by atoms with van der Waals surface area (Å²) >= 11 is 0. The maximum absolute atomic E-state index is 13.9. The number of rotatable bonds is 1. The highest BCUT2D eigenvalue weighted by atomic mass is 16.6. The minimum atomic E-state index is -1.61. The third-order valence-electron chi connectivity index (χ3n) is 9.18. The topological polar surface area (TPSA) is 134 Å². The largest absolute Gasteiger partial charge is 0.454 e. The van der Waals surface area contributed by atoms with Gasteiger partial charge in [0.1, 0.15) is 12.2 Å². The van der Waals surface area contributed by atoms with Crippen molar-refractivity contribution < 1.29 is 39.5 Å². The Kier molecular flexibility index (Phi) is 4.87. The van der Waals surface area contributed by atoms with Gasteiger partial charge in [-0.05, 0) is 30.9 Å². The average Bonchev–Trinajstić information content (AvgIpc) is 2.65. The first-order chi connectivity index (χ1) is 14.2. The van der Waals surface area contributed by atoms with E-state index in [1.54, 1.807) is 34.6 Å². The molecule has 4 rings (SSSR count). The standard InChI is InChI=1S/C23H34O8/c1-10-13(25)8-23(29)11(2)18-21(6,19(28)17(27)16(10)20(23,4)5)14(26)7-15-22(18,9-30-15)31-12(3)24/h11,13-15,17-18,25-27,29H,7-9H2,1-6H3/t11-,13?,14-,15+,17+,18-,21+,22-,23+/m0/s1. The smallest absolute Gasteiger partial charge is 0.303 e. The summed E-state index contributed by atoms with van der Waals surface area (Å²) in [5, 5.41) is 45.4. The predicted octanol–water partition coefficient (Wildman–Crippen LogP) is 0.492. The zero-order chi connectivity index (χ0) is 23.3. The van der Waals surface area contributed by atoms with Crippen LogP contribution in [0.2, 0.25) is 0 Å². The Morgan fingerprint density at radius 2 is 1.81 bits per heavy atom. The Morgan fingerprint density at radius 1 is 1.19 bits per heavy atom. The molecule has 1 saturated heterocycles. The predicted molar refractivity (Wildman–Crippen MR) is 109 cm³/mol. The number of aliphatic hydroxyl groups excluding tert-OH is 3. The molecule has 3 aliphatic carbocycles. The molecule has 174 valence electrons. The Morgan fingerprint density at radius 3 is 2.32 bits per heavy atom. The molecule has 4 N–H and O–H groups in total. The molecule has 2 bridgehead atoms. The van der Waals surface area contributed by atoms with E-state index in [2.05, 4.69) is 0 Å². The second-order valence-electron chi connectivity index (χ2n) is 10.8. The molecule has 3 fully saturated rings. The Balaban J connectivity index is 2.02. The van der Waals surface area contributed by atoms with Gasteiger partial charge in [0.05, 0.1) is 29.8 Å². The molecule has 0 aromatic carbocycles. The van der Waals surface area contributed by atoms with Crippen molar-refractivity contribution >= 4 is 11.8 Å². The lowest BCUT2D eigenvalue weighted by molar-refractivity contribution is -0.338. The van der Waals surface area contributed by atoms with Gasteiger partial charge in [-0.15, -0.1) is 0 Å². The lowest BCUT2D eigenvalue weighted by Crippen LogP contribution is -2.79. The van der Waals surface area contributed by atoms with Crippen molar-refractivity contribution in [3.05, 3.63) is 11.1 Å². The van der Waals surface area contributed by atoms with Crippen LogP contribution in [0.1, 0.15) is 54.4 Å². The van der Waals surface area contributed by atoms with Crippen LogP contribution in [0.25, 0.3) is 0 Å². The molecule has 9 atom stereocenters. The summed E-state index contributed by atoms with van der Waals surface area (Å²) in [7, 11) is 0. The highest BCUT2D eigenvalue weighted by Crippen LogP contribution is 2.65. The number of hydrogen-bond acceptors (Lipinski definition) is 8. The number of aliphatic hydroxyl groups is 4. The number of ketones is 1. The monoisotopic (exact) mass is 438 g/mol. The van der Waals surface area contributed by atoms with Crippen LogP contribution in [-0.4, -0.2) is 74.4 Å². The second-order valence-corrected chi connectivity index (χ2v) is 10.8. The van der Waals surface area contributed by atoms with Crippen molar-refractivity contribution in [1.29, 1.82) is 0 Å². The van der Waals surface area contributed by atoms with Crippen LogP contribution in [0, 0.1) is 22.7 Å². The van der Waals surface area contributed by atoms with Crippen molar-refractivity contribution in [1.82, 2.24) is 0 Å². The van der Waals surface area contributed by atoms with Gasteiger partial charge < -0.3 is 29.9 Å². The number of carbonyl (C=O) groups excluding carboxylic acids is 2. The van der Waals surface area contributed by atoms with Gasteiger partial charge in [0.2, 0.25) is 0 Å². The van der Waals surface area contributed by atoms with Gasteiger partial charge in [-0.25, -0.2) is 0 Å². The van der Waals surface area contributed by atoms with Crippen LogP contribution < -0.4 is 0 Å². The summed E-state index contributed by atoms with van der Waals surface area (Å²) in [6.45, 7) is 9.88. The molecule has 0 aromatic rings. The van der Waals surface area contributed by atoms with E-state index in [-0.39, 0.29) is 19.4 Å². The van der Waals surface area contributed by atoms with E-state index < -0.39 is 70.0 Å².